The third kappa shape index (κ3) is 7.34. The maximum Gasteiger partial charge on any atom is 0.193 e. The summed E-state index contributed by atoms with van der Waals surface area (Å²) in [4.78, 5) is 6.50. The van der Waals surface area contributed by atoms with E-state index >= 15 is 0 Å². The molecule has 0 aliphatic heterocycles. The minimum Gasteiger partial charge on any atom is -0.497 e. The maximum absolute atomic E-state index is 5.20. The largest absolute Gasteiger partial charge is 0.497 e. The van der Waals surface area contributed by atoms with Crippen LogP contribution in [0.2, 0.25) is 0 Å². The summed E-state index contributed by atoms with van der Waals surface area (Å²) < 4.78 is 5.20. The first kappa shape index (κ1) is 21.3. The first-order chi connectivity index (χ1) is 11.7. The lowest BCUT2D eigenvalue weighted by atomic mass is 10.1. The number of nitrogens with one attached hydrogen (secondary N) is 1. The van der Waals surface area contributed by atoms with Crippen molar-refractivity contribution < 1.29 is 4.74 Å². The highest BCUT2D eigenvalue weighted by atomic mass is 127. The minimum atomic E-state index is 0. The fraction of sp³-hybridized carbons (Fsp3) is 0.350. The van der Waals surface area contributed by atoms with Gasteiger partial charge in [0.15, 0.2) is 5.96 Å². The van der Waals surface area contributed by atoms with Crippen LogP contribution in [0, 0.1) is 0 Å². The molecule has 2 aromatic rings. The number of benzene rings is 2. The van der Waals surface area contributed by atoms with Crippen LogP contribution in [0.4, 0.5) is 0 Å². The van der Waals surface area contributed by atoms with Crippen LogP contribution in [0.5, 0.6) is 5.75 Å². The molecule has 0 radical (unpaired) electrons. The molecule has 2 aromatic carbocycles. The number of hydrogen-bond acceptors (Lipinski definition) is 2. The molecule has 0 fully saturated rings. The number of halogens is 1. The molecule has 0 atom stereocenters. The van der Waals surface area contributed by atoms with Crippen molar-refractivity contribution in [1.29, 1.82) is 0 Å². The number of aliphatic imine (C=N–C) groups is 1. The number of guanidine groups is 1. The highest BCUT2D eigenvalue weighted by molar-refractivity contribution is 14.0. The van der Waals surface area contributed by atoms with E-state index in [4.69, 9.17) is 4.74 Å². The summed E-state index contributed by atoms with van der Waals surface area (Å²) in [7, 11) is 5.56. The molecule has 136 valence electrons. The van der Waals surface area contributed by atoms with Crippen LogP contribution in [0.25, 0.3) is 0 Å². The van der Waals surface area contributed by atoms with Crippen molar-refractivity contribution in [3.8, 4) is 5.75 Å². The Morgan fingerprint density at radius 3 is 2.32 bits per heavy atom. The summed E-state index contributed by atoms with van der Waals surface area (Å²) in [5.74, 6) is 1.80. The molecule has 1 N–H and O–H groups in total. The number of nitrogens with zero attached hydrogens (tertiary/aromatic N) is 2. The number of rotatable bonds is 7. The van der Waals surface area contributed by atoms with Gasteiger partial charge in [-0.2, -0.15) is 0 Å². The minimum absolute atomic E-state index is 0. The lowest BCUT2D eigenvalue weighted by molar-refractivity contribution is 0.414. The van der Waals surface area contributed by atoms with Crippen LogP contribution in [-0.2, 0) is 13.0 Å². The van der Waals surface area contributed by atoms with Crippen molar-refractivity contribution in [3.05, 3.63) is 65.7 Å². The van der Waals surface area contributed by atoms with Gasteiger partial charge in [0.25, 0.3) is 0 Å². The van der Waals surface area contributed by atoms with Crippen molar-refractivity contribution in [2.75, 3.05) is 27.7 Å². The maximum atomic E-state index is 5.20. The molecule has 0 heterocycles. The Labute approximate surface area is 168 Å². The molecular formula is C20H28IN3O. The second-order valence-electron chi connectivity index (χ2n) is 5.77. The Bertz CT molecular complexity index is 629. The van der Waals surface area contributed by atoms with Crippen molar-refractivity contribution in [3.63, 3.8) is 0 Å². The van der Waals surface area contributed by atoms with E-state index in [1.807, 2.05) is 19.2 Å². The molecule has 25 heavy (non-hydrogen) atoms. The number of aryl methyl sites for hydroxylation is 1. The van der Waals surface area contributed by atoms with E-state index in [9.17, 15) is 0 Å². The predicted molar refractivity (Wildman–Crippen MR) is 116 cm³/mol. The van der Waals surface area contributed by atoms with Gasteiger partial charge in [-0.25, -0.2) is 0 Å². The number of ether oxygens (including phenoxy) is 1. The molecule has 4 nitrogen and oxygen atoms in total. The molecule has 2 rings (SSSR count). The van der Waals surface area contributed by atoms with E-state index in [-0.39, 0.29) is 24.0 Å². The predicted octanol–water partition coefficient (Wildman–Crippen LogP) is 3.95. The van der Waals surface area contributed by atoms with Crippen molar-refractivity contribution in [2.45, 2.75) is 19.4 Å². The van der Waals surface area contributed by atoms with E-state index in [1.54, 1.807) is 7.11 Å². The zero-order valence-corrected chi connectivity index (χ0v) is 17.6. The summed E-state index contributed by atoms with van der Waals surface area (Å²) in [6, 6.07) is 18.7. The molecule has 0 amide bonds. The van der Waals surface area contributed by atoms with Gasteiger partial charge in [0.2, 0.25) is 0 Å². The summed E-state index contributed by atoms with van der Waals surface area (Å²) in [6.07, 6.45) is 2.16. The zero-order valence-electron chi connectivity index (χ0n) is 15.2. The van der Waals surface area contributed by atoms with Gasteiger partial charge in [0.1, 0.15) is 5.75 Å². The average molecular weight is 453 g/mol. The van der Waals surface area contributed by atoms with Gasteiger partial charge in [-0.15, -0.1) is 24.0 Å². The van der Waals surface area contributed by atoms with E-state index in [0.717, 1.165) is 37.6 Å². The Balaban J connectivity index is 0.00000312. The van der Waals surface area contributed by atoms with Crippen LogP contribution in [0.3, 0.4) is 0 Å². The van der Waals surface area contributed by atoms with Crippen molar-refractivity contribution in [2.24, 2.45) is 4.99 Å². The second kappa shape index (κ2) is 11.7. The van der Waals surface area contributed by atoms with E-state index in [0.29, 0.717) is 0 Å². The van der Waals surface area contributed by atoms with Gasteiger partial charge in [-0.05, 0) is 36.1 Å². The molecule has 0 saturated heterocycles. The Morgan fingerprint density at radius 1 is 1.04 bits per heavy atom. The lowest BCUT2D eigenvalue weighted by Crippen LogP contribution is -2.39. The first-order valence-corrected chi connectivity index (χ1v) is 8.31. The molecule has 0 aliphatic carbocycles. The number of methoxy groups -OCH3 is 1. The molecule has 0 aliphatic rings. The normalized spacial score (nSPS) is 10.8. The monoisotopic (exact) mass is 453 g/mol. The smallest absolute Gasteiger partial charge is 0.193 e. The van der Waals surface area contributed by atoms with Gasteiger partial charge < -0.3 is 15.0 Å². The van der Waals surface area contributed by atoms with Crippen LogP contribution >= 0.6 is 24.0 Å². The average Bonchev–Trinajstić information content (AvgIpc) is 2.63. The Morgan fingerprint density at radius 2 is 1.72 bits per heavy atom. The second-order valence-corrected chi connectivity index (χ2v) is 5.77. The molecule has 0 aromatic heterocycles. The fourth-order valence-corrected chi connectivity index (χ4v) is 2.60. The fourth-order valence-electron chi connectivity index (χ4n) is 2.60. The molecule has 0 unspecified atom stereocenters. The van der Waals surface area contributed by atoms with Gasteiger partial charge in [-0.3, -0.25) is 4.99 Å². The summed E-state index contributed by atoms with van der Waals surface area (Å²) in [5, 5.41) is 3.43. The number of hydrogen-bond donors (Lipinski definition) is 1. The molecular weight excluding hydrogens is 425 g/mol. The Kier molecular flexibility index (Phi) is 9.99. The molecule has 0 bridgehead atoms. The van der Waals surface area contributed by atoms with E-state index in [1.165, 1.54) is 11.1 Å². The lowest BCUT2D eigenvalue weighted by Gasteiger charge is -2.22. The SMILES string of the molecule is CN=C(NCCCc1ccccc1)N(C)Cc1ccc(OC)cc1.I. The third-order valence-corrected chi connectivity index (χ3v) is 3.92. The molecule has 5 heteroatoms. The highest BCUT2D eigenvalue weighted by Crippen LogP contribution is 2.12. The molecule has 0 spiro atoms. The quantitative estimate of drug-likeness (QED) is 0.299. The summed E-state index contributed by atoms with van der Waals surface area (Å²) >= 11 is 0. The van der Waals surface area contributed by atoms with Gasteiger partial charge in [0, 0.05) is 27.2 Å². The van der Waals surface area contributed by atoms with Crippen LogP contribution in [0.1, 0.15) is 17.5 Å². The first-order valence-electron chi connectivity index (χ1n) is 8.31. The van der Waals surface area contributed by atoms with E-state index in [2.05, 4.69) is 64.7 Å². The zero-order chi connectivity index (χ0) is 17.2. The molecule has 0 saturated carbocycles. The standard InChI is InChI=1S/C20H27N3O.HI/c1-21-20(22-15-7-10-17-8-5-4-6-9-17)23(2)16-18-11-13-19(24-3)14-12-18;/h4-6,8-9,11-14H,7,10,15-16H2,1-3H3,(H,21,22);1H. The Hall–Kier alpha value is -1.76. The van der Waals surface area contributed by atoms with Gasteiger partial charge >= 0.3 is 0 Å². The summed E-state index contributed by atoms with van der Waals surface area (Å²) in [5.41, 5.74) is 2.60. The van der Waals surface area contributed by atoms with Gasteiger partial charge in [-0.1, -0.05) is 42.5 Å². The third-order valence-electron chi connectivity index (χ3n) is 3.92. The van der Waals surface area contributed by atoms with Crippen molar-refractivity contribution >= 4 is 29.9 Å². The van der Waals surface area contributed by atoms with Gasteiger partial charge in [0.05, 0.1) is 7.11 Å². The van der Waals surface area contributed by atoms with Crippen LogP contribution < -0.4 is 10.1 Å². The van der Waals surface area contributed by atoms with Crippen molar-refractivity contribution in [1.82, 2.24) is 10.2 Å². The van der Waals surface area contributed by atoms with Crippen LogP contribution in [0.15, 0.2) is 59.6 Å². The van der Waals surface area contributed by atoms with Crippen LogP contribution in [-0.4, -0.2) is 38.6 Å². The van der Waals surface area contributed by atoms with E-state index < -0.39 is 0 Å². The summed E-state index contributed by atoms with van der Waals surface area (Å²) in [6.45, 7) is 1.72. The highest BCUT2D eigenvalue weighted by Gasteiger charge is 2.06. The topological polar surface area (TPSA) is 36.9 Å².